The number of carbonyl (C=O) groups is 1. The number of halogens is 1. The van der Waals surface area contributed by atoms with E-state index in [9.17, 15) is 4.79 Å². The van der Waals surface area contributed by atoms with Crippen LogP contribution in [-0.4, -0.2) is 45.3 Å². The number of H-pyrrole nitrogens is 1. The highest BCUT2D eigenvalue weighted by molar-refractivity contribution is 7.71. The van der Waals surface area contributed by atoms with Gasteiger partial charge >= 0.3 is 0 Å². The Balaban J connectivity index is 1.54. The normalized spacial score (nSPS) is 13.0. The maximum absolute atomic E-state index is 13.2. The molecule has 7 nitrogen and oxygen atoms in total. The monoisotopic (exact) mass is 472 g/mol. The van der Waals surface area contributed by atoms with Gasteiger partial charge in [0.25, 0.3) is 0 Å². The Morgan fingerprint density at radius 2 is 1.78 bits per heavy atom. The summed E-state index contributed by atoms with van der Waals surface area (Å²) in [6.07, 6.45) is 0.758. The fraction of sp³-hybridized carbons (Fsp3) is 0.348. The van der Waals surface area contributed by atoms with Gasteiger partial charge in [0.1, 0.15) is 6.54 Å². The predicted molar refractivity (Wildman–Crippen MR) is 126 cm³/mol. The quantitative estimate of drug-likeness (QED) is 0.507. The summed E-state index contributed by atoms with van der Waals surface area (Å²) in [5, 5.41) is 7.74. The molecular weight excluding hydrogens is 448 g/mol. The SMILES string of the molecule is CCOc1cc2c(cc1OCC)CN(C(=O)Cn1c(-c3ccc(Cl)cc3)n[nH]c1=S)CC2. The van der Waals surface area contributed by atoms with Crippen molar-refractivity contribution in [3.63, 3.8) is 0 Å². The summed E-state index contributed by atoms with van der Waals surface area (Å²) in [4.78, 5) is 15.0. The third-order valence-electron chi connectivity index (χ3n) is 5.38. The summed E-state index contributed by atoms with van der Waals surface area (Å²) in [7, 11) is 0. The van der Waals surface area contributed by atoms with Crippen LogP contribution in [-0.2, 0) is 24.3 Å². The van der Waals surface area contributed by atoms with E-state index >= 15 is 0 Å². The van der Waals surface area contributed by atoms with Crippen LogP contribution in [0.4, 0.5) is 0 Å². The third-order valence-corrected chi connectivity index (χ3v) is 5.95. The second-order valence-electron chi connectivity index (χ2n) is 7.44. The molecule has 0 spiro atoms. The van der Waals surface area contributed by atoms with E-state index in [1.54, 1.807) is 16.7 Å². The number of aromatic nitrogens is 3. The van der Waals surface area contributed by atoms with Gasteiger partial charge < -0.3 is 14.4 Å². The second-order valence-corrected chi connectivity index (χ2v) is 8.27. The Hall–Kier alpha value is -2.84. The van der Waals surface area contributed by atoms with Crippen molar-refractivity contribution in [1.29, 1.82) is 0 Å². The van der Waals surface area contributed by atoms with Gasteiger partial charge in [-0.3, -0.25) is 14.5 Å². The molecule has 1 N–H and O–H groups in total. The van der Waals surface area contributed by atoms with Crippen molar-refractivity contribution in [3.8, 4) is 22.9 Å². The molecule has 1 aliphatic heterocycles. The van der Waals surface area contributed by atoms with Crippen LogP contribution < -0.4 is 9.47 Å². The molecule has 9 heteroatoms. The Morgan fingerprint density at radius 3 is 2.44 bits per heavy atom. The maximum atomic E-state index is 13.2. The molecule has 32 heavy (non-hydrogen) atoms. The van der Waals surface area contributed by atoms with Crippen molar-refractivity contribution in [2.45, 2.75) is 33.4 Å². The van der Waals surface area contributed by atoms with Crippen LogP contribution in [0.25, 0.3) is 11.4 Å². The van der Waals surface area contributed by atoms with E-state index in [-0.39, 0.29) is 12.5 Å². The van der Waals surface area contributed by atoms with Crippen LogP contribution in [0.2, 0.25) is 5.02 Å². The largest absolute Gasteiger partial charge is 0.490 e. The molecule has 0 unspecified atom stereocenters. The van der Waals surface area contributed by atoms with E-state index in [2.05, 4.69) is 10.2 Å². The van der Waals surface area contributed by atoms with Gasteiger partial charge in [0, 0.05) is 23.7 Å². The molecule has 0 bridgehead atoms. The summed E-state index contributed by atoms with van der Waals surface area (Å²) in [6, 6.07) is 11.3. The molecule has 2 heterocycles. The molecular formula is C23H25ClN4O3S. The smallest absolute Gasteiger partial charge is 0.242 e. The zero-order chi connectivity index (χ0) is 22.7. The molecule has 3 aromatic rings. The minimum atomic E-state index is -0.0183. The molecule has 0 saturated heterocycles. The van der Waals surface area contributed by atoms with Crippen molar-refractivity contribution in [2.24, 2.45) is 0 Å². The Kier molecular flexibility index (Phi) is 6.81. The summed E-state index contributed by atoms with van der Waals surface area (Å²) < 4.78 is 13.6. The zero-order valence-electron chi connectivity index (χ0n) is 18.1. The second kappa shape index (κ2) is 9.75. The third kappa shape index (κ3) is 4.66. The number of amides is 1. The summed E-state index contributed by atoms with van der Waals surface area (Å²) >= 11 is 11.4. The van der Waals surface area contributed by atoms with Crippen LogP contribution >= 0.6 is 23.8 Å². The first-order chi connectivity index (χ1) is 15.5. The van der Waals surface area contributed by atoms with E-state index in [0.29, 0.717) is 47.7 Å². The van der Waals surface area contributed by atoms with Crippen LogP contribution in [0, 0.1) is 4.77 Å². The van der Waals surface area contributed by atoms with Gasteiger partial charge in [-0.05, 0) is 80.0 Å². The molecule has 0 aliphatic carbocycles. The van der Waals surface area contributed by atoms with Crippen LogP contribution in [0.1, 0.15) is 25.0 Å². The first-order valence-electron chi connectivity index (χ1n) is 10.6. The van der Waals surface area contributed by atoms with E-state index in [1.165, 1.54) is 5.56 Å². The van der Waals surface area contributed by atoms with Gasteiger partial charge in [-0.25, -0.2) is 0 Å². The number of aromatic amines is 1. The number of benzene rings is 2. The number of hydrogen-bond donors (Lipinski definition) is 1. The van der Waals surface area contributed by atoms with Gasteiger partial charge in [0.15, 0.2) is 22.1 Å². The van der Waals surface area contributed by atoms with Crippen LogP contribution in [0.5, 0.6) is 11.5 Å². The van der Waals surface area contributed by atoms with Gasteiger partial charge in [0.2, 0.25) is 5.91 Å². The van der Waals surface area contributed by atoms with E-state index in [0.717, 1.165) is 23.3 Å². The van der Waals surface area contributed by atoms with Crippen LogP contribution in [0.3, 0.4) is 0 Å². The summed E-state index contributed by atoms with van der Waals surface area (Å²) in [5.41, 5.74) is 3.09. The Labute approximate surface area is 196 Å². The average molecular weight is 473 g/mol. The molecule has 1 amide bonds. The number of ether oxygens (including phenoxy) is 2. The average Bonchev–Trinajstić information content (AvgIpc) is 3.14. The van der Waals surface area contributed by atoms with Crippen LogP contribution in [0.15, 0.2) is 36.4 Å². The fourth-order valence-electron chi connectivity index (χ4n) is 3.83. The standard InChI is InChI=1S/C23H25ClN4O3S/c1-3-30-19-11-16-9-10-27(13-17(16)12-20(19)31-4-2)21(29)14-28-22(25-26-23(28)32)15-5-7-18(24)8-6-15/h5-8,11-12H,3-4,9-10,13-14H2,1-2H3,(H,26,32). The van der Waals surface area contributed by atoms with E-state index in [4.69, 9.17) is 33.3 Å². The predicted octanol–water partition coefficient (Wildman–Crippen LogP) is 4.64. The van der Waals surface area contributed by atoms with Gasteiger partial charge in [0.05, 0.1) is 13.2 Å². The molecule has 0 fully saturated rings. The number of carbonyl (C=O) groups excluding carboxylic acids is 1. The lowest BCUT2D eigenvalue weighted by atomic mass is 9.98. The van der Waals surface area contributed by atoms with Gasteiger partial charge in [-0.1, -0.05) is 11.6 Å². The maximum Gasteiger partial charge on any atom is 0.242 e. The lowest BCUT2D eigenvalue weighted by molar-refractivity contribution is -0.132. The number of fused-ring (bicyclic) bond motifs is 1. The first-order valence-corrected chi connectivity index (χ1v) is 11.4. The molecule has 0 atom stereocenters. The van der Waals surface area contributed by atoms with Gasteiger partial charge in [-0.15, -0.1) is 0 Å². The van der Waals surface area contributed by atoms with E-state index < -0.39 is 0 Å². The molecule has 0 saturated carbocycles. The zero-order valence-corrected chi connectivity index (χ0v) is 19.6. The summed E-state index contributed by atoms with van der Waals surface area (Å²) in [5.74, 6) is 2.06. The highest BCUT2D eigenvalue weighted by Crippen LogP contribution is 2.34. The minimum absolute atomic E-state index is 0.0183. The molecule has 1 aromatic heterocycles. The van der Waals surface area contributed by atoms with Crippen molar-refractivity contribution < 1.29 is 14.3 Å². The van der Waals surface area contributed by atoms with Crippen molar-refractivity contribution in [2.75, 3.05) is 19.8 Å². The molecule has 4 rings (SSSR count). The highest BCUT2D eigenvalue weighted by atomic mass is 35.5. The number of rotatable bonds is 7. The molecule has 0 radical (unpaired) electrons. The Bertz CT molecular complexity index is 1170. The molecule has 168 valence electrons. The van der Waals surface area contributed by atoms with Gasteiger partial charge in [-0.2, -0.15) is 5.10 Å². The highest BCUT2D eigenvalue weighted by Gasteiger charge is 2.24. The number of nitrogens with one attached hydrogen (secondary N) is 1. The lowest BCUT2D eigenvalue weighted by Crippen LogP contribution is -2.38. The first kappa shape index (κ1) is 22.4. The molecule has 2 aromatic carbocycles. The van der Waals surface area contributed by atoms with Crippen molar-refractivity contribution in [1.82, 2.24) is 19.7 Å². The van der Waals surface area contributed by atoms with E-state index in [1.807, 2.05) is 43.0 Å². The van der Waals surface area contributed by atoms with Crippen molar-refractivity contribution in [3.05, 3.63) is 57.3 Å². The lowest BCUT2D eigenvalue weighted by Gasteiger charge is -2.30. The Morgan fingerprint density at radius 1 is 1.12 bits per heavy atom. The topological polar surface area (TPSA) is 72.4 Å². The fourth-order valence-corrected chi connectivity index (χ4v) is 4.16. The summed E-state index contributed by atoms with van der Waals surface area (Å²) in [6.45, 7) is 6.28. The number of hydrogen-bond acceptors (Lipinski definition) is 5. The number of nitrogens with zero attached hydrogens (tertiary/aromatic N) is 3. The van der Waals surface area contributed by atoms with Crippen molar-refractivity contribution >= 4 is 29.7 Å². The minimum Gasteiger partial charge on any atom is -0.490 e. The molecule has 1 aliphatic rings.